The standard InChI is InChI=1S/C14H16ClN3S/c1-9-5-6-11(10(2)7-9)18(3)13-8-12(15)16-14(17-13)19-4/h5-8H,1-4H3. The van der Waals surface area contributed by atoms with Gasteiger partial charge < -0.3 is 4.90 Å². The van der Waals surface area contributed by atoms with Crippen LogP contribution in [0.2, 0.25) is 5.15 Å². The third kappa shape index (κ3) is 3.19. The van der Waals surface area contributed by atoms with E-state index in [-0.39, 0.29) is 0 Å². The average Bonchev–Trinajstić information content (AvgIpc) is 2.37. The number of nitrogens with zero attached hydrogens (tertiary/aromatic N) is 3. The van der Waals surface area contributed by atoms with Gasteiger partial charge in [-0.3, -0.25) is 0 Å². The van der Waals surface area contributed by atoms with Crippen LogP contribution in [0, 0.1) is 13.8 Å². The van der Waals surface area contributed by atoms with E-state index in [0.717, 1.165) is 11.5 Å². The molecular weight excluding hydrogens is 278 g/mol. The smallest absolute Gasteiger partial charge is 0.190 e. The summed E-state index contributed by atoms with van der Waals surface area (Å²) in [5.74, 6) is 0.802. The van der Waals surface area contributed by atoms with E-state index in [0.29, 0.717) is 10.3 Å². The molecule has 0 saturated heterocycles. The van der Waals surface area contributed by atoms with Gasteiger partial charge >= 0.3 is 0 Å². The lowest BCUT2D eigenvalue weighted by molar-refractivity contribution is 0.944. The Morgan fingerprint density at radius 1 is 1.16 bits per heavy atom. The Balaban J connectivity index is 2.43. The maximum Gasteiger partial charge on any atom is 0.190 e. The van der Waals surface area contributed by atoms with E-state index >= 15 is 0 Å². The molecule has 0 aliphatic rings. The minimum Gasteiger partial charge on any atom is -0.329 e. The van der Waals surface area contributed by atoms with Crippen LogP contribution in [-0.4, -0.2) is 23.3 Å². The summed E-state index contributed by atoms with van der Waals surface area (Å²) >= 11 is 7.52. The van der Waals surface area contributed by atoms with E-state index < -0.39 is 0 Å². The number of aryl methyl sites for hydroxylation is 2. The molecule has 0 aliphatic heterocycles. The fourth-order valence-electron chi connectivity index (χ4n) is 1.95. The molecular formula is C14H16ClN3S. The molecule has 0 fully saturated rings. The van der Waals surface area contributed by atoms with Gasteiger partial charge in [0.25, 0.3) is 0 Å². The zero-order valence-electron chi connectivity index (χ0n) is 11.4. The average molecular weight is 294 g/mol. The highest BCUT2D eigenvalue weighted by Gasteiger charge is 2.11. The molecule has 0 bridgehead atoms. The first-order chi connectivity index (χ1) is 9.01. The summed E-state index contributed by atoms with van der Waals surface area (Å²) in [6.45, 7) is 4.18. The summed E-state index contributed by atoms with van der Waals surface area (Å²) in [5, 5.41) is 1.14. The van der Waals surface area contributed by atoms with Crippen LogP contribution in [0.3, 0.4) is 0 Å². The second kappa shape index (κ2) is 5.80. The molecule has 1 heterocycles. The van der Waals surface area contributed by atoms with Crippen LogP contribution >= 0.6 is 23.4 Å². The van der Waals surface area contributed by atoms with Crippen molar-refractivity contribution in [1.29, 1.82) is 0 Å². The third-order valence-electron chi connectivity index (χ3n) is 2.90. The molecule has 2 rings (SSSR count). The van der Waals surface area contributed by atoms with Crippen molar-refractivity contribution in [2.75, 3.05) is 18.2 Å². The topological polar surface area (TPSA) is 29.0 Å². The van der Waals surface area contributed by atoms with E-state index in [4.69, 9.17) is 11.6 Å². The van der Waals surface area contributed by atoms with Gasteiger partial charge in [-0.1, -0.05) is 41.1 Å². The molecule has 0 amide bonds. The van der Waals surface area contributed by atoms with Crippen molar-refractivity contribution >= 4 is 34.9 Å². The van der Waals surface area contributed by atoms with E-state index in [1.807, 2.05) is 18.2 Å². The number of benzene rings is 1. The van der Waals surface area contributed by atoms with E-state index in [9.17, 15) is 0 Å². The third-order valence-corrected chi connectivity index (χ3v) is 3.64. The van der Waals surface area contributed by atoms with E-state index in [1.165, 1.54) is 22.9 Å². The van der Waals surface area contributed by atoms with Gasteiger partial charge in [0.15, 0.2) is 5.16 Å². The minimum absolute atomic E-state index is 0.464. The predicted molar refractivity (Wildman–Crippen MR) is 82.8 cm³/mol. The quantitative estimate of drug-likeness (QED) is 0.481. The molecule has 2 aromatic rings. The number of hydrogen-bond acceptors (Lipinski definition) is 4. The molecule has 19 heavy (non-hydrogen) atoms. The van der Waals surface area contributed by atoms with Crippen LogP contribution in [0.15, 0.2) is 29.4 Å². The van der Waals surface area contributed by atoms with E-state index in [1.54, 1.807) is 6.07 Å². The maximum absolute atomic E-state index is 6.03. The Morgan fingerprint density at radius 2 is 1.89 bits per heavy atom. The molecule has 1 aromatic carbocycles. The van der Waals surface area contributed by atoms with Gasteiger partial charge in [0.1, 0.15) is 11.0 Å². The van der Waals surface area contributed by atoms with E-state index in [2.05, 4.69) is 42.0 Å². The van der Waals surface area contributed by atoms with Gasteiger partial charge in [0.2, 0.25) is 0 Å². The van der Waals surface area contributed by atoms with Crippen molar-refractivity contribution < 1.29 is 0 Å². The van der Waals surface area contributed by atoms with Crippen LogP contribution in [0.1, 0.15) is 11.1 Å². The summed E-state index contributed by atoms with van der Waals surface area (Å²) in [6, 6.07) is 8.13. The number of rotatable bonds is 3. The summed E-state index contributed by atoms with van der Waals surface area (Å²) < 4.78 is 0. The Bertz CT molecular complexity index is 601. The van der Waals surface area contributed by atoms with Crippen molar-refractivity contribution in [3.8, 4) is 0 Å². The Morgan fingerprint density at radius 3 is 2.53 bits per heavy atom. The highest BCUT2D eigenvalue weighted by Crippen LogP contribution is 2.28. The zero-order valence-corrected chi connectivity index (χ0v) is 13.0. The number of anilines is 2. The van der Waals surface area contributed by atoms with Gasteiger partial charge in [0, 0.05) is 18.8 Å². The van der Waals surface area contributed by atoms with Gasteiger partial charge in [-0.15, -0.1) is 0 Å². The first-order valence-corrected chi connectivity index (χ1v) is 7.51. The number of aromatic nitrogens is 2. The lowest BCUT2D eigenvalue weighted by Crippen LogP contribution is -2.13. The lowest BCUT2D eigenvalue weighted by Gasteiger charge is -2.21. The van der Waals surface area contributed by atoms with Crippen molar-refractivity contribution in [1.82, 2.24) is 9.97 Å². The zero-order chi connectivity index (χ0) is 14.0. The normalized spacial score (nSPS) is 10.6. The molecule has 0 spiro atoms. The minimum atomic E-state index is 0.464. The molecule has 5 heteroatoms. The van der Waals surface area contributed by atoms with Crippen molar-refractivity contribution in [2.45, 2.75) is 19.0 Å². The SMILES string of the molecule is CSc1nc(Cl)cc(N(C)c2ccc(C)cc2C)n1. The van der Waals surface area contributed by atoms with Crippen LogP contribution in [-0.2, 0) is 0 Å². The first-order valence-electron chi connectivity index (χ1n) is 5.91. The molecule has 1 aromatic heterocycles. The second-order valence-electron chi connectivity index (χ2n) is 4.38. The maximum atomic E-state index is 6.03. The largest absolute Gasteiger partial charge is 0.329 e. The van der Waals surface area contributed by atoms with Crippen molar-refractivity contribution in [3.63, 3.8) is 0 Å². The lowest BCUT2D eigenvalue weighted by atomic mass is 10.1. The fourth-order valence-corrected chi connectivity index (χ4v) is 2.56. The predicted octanol–water partition coefficient (Wildman–Crippen LogP) is 4.24. The highest BCUT2D eigenvalue weighted by molar-refractivity contribution is 7.98. The molecule has 0 saturated carbocycles. The van der Waals surface area contributed by atoms with Gasteiger partial charge in [-0.2, -0.15) is 0 Å². The van der Waals surface area contributed by atoms with Gasteiger partial charge in [0.05, 0.1) is 0 Å². The van der Waals surface area contributed by atoms with Gasteiger partial charge in [-0.25, -0.2) is 9.97 Å². The first kappa shape index (κ1) is 14.2. The second-order valence-corrected chi connectivity index (χ2v) is 5.55. The Hall–Kier alpha value is -1.26. The molecule has 0 radical (unpaired) electrons. The van der Waals surface area contributed by atoms with Crippen LogP contribution in [0.4, 0.5) is 11.5 Å². The molecule has 0 N–H and O–H groups in total. The summed E-state index contributed by atoms with van der Waals surface area (Å²) in [7, 11) is 1.99. The molecule has 0 aliphatic carbocycles. The summed E-state index contributed by atoms with van der Waals surface area (Å²) in [5.41, 5.74) is 3.58. The summed E-state index contributed by atoms with van der Waals surface area (Å²) in [6.07, 6.45) is 1.94. The molecule has 100 valence electrons. The number of hydrogen-bond donors (Lipinski definition) is 0. The summed E-state index contributed by atoms with van der Waals surface area (Å²) in [4.78, 5) is 10.7. The molecule has 0 atom stereocenters. The van der Waals surface area contributed by atoms with Crippen molar-refractivity contribution in [2.24, 2.45) is 0 Å². The van der Waals surface area contributed by atoms with Crippen LogP contribution in [0.25, 0.3) is 0 Å². The van der Waals surface area contributed by atoms with Crippen LogP contribution in [0.5, 0.6) is 0 Å². The van der Waals surface area contributed by atoms with Gasteiger partial charge in [-0.05, 0) is 31.7 Å². The fraction of sp³-hybridized carbons (Fsp3) is 0.286. The molecule has 3 nitrogen and oxygen atoms in total. The monoisotopic (exact) mass is 293 g/mol. The Labute approximate surface area is 123 Å². The highest BCUT2D eigenvalue weighted by atomic mass is 35.5. The number of thioether (sulfide) groups is 1. The number of halogens is 1. The van der Waals surface area contributed by atoms with Crippen molar-refractivity contribution in [3.05, 3.63) is 40.5 Å². The Kier molecular flexibility index (Phi) is 4.32. The molecule has 0 unspecified atom stereocenters. The van der Waals surface area contributed by atoms with Crippen LogP contribution < -0.4 is 4.90 Å².